The number of anilines is 1. The van der Waals surface area contributed by atoms with E-state index in [-0.39, 0.29) is 17.9 Å². The molecule has 14 heavy (non-hydrogen) atoms. The topological polar surface area (TPSA) is 110 Å². The SMILES string of the molecule is Nc1c(C(=O)O)cccc1C(N)CO. The zero-order valence-corrected chi connectivity index (χ0v) is 7.47. The molecule has 0 aliphatic heterocycles. The molecule has 0 bridgehead atoms. The van der Waals surface area contributed by atoms with Gasteiger partial charge in [0.05, 0.1) is 23.9 Å². The van der Waals surface area contributed by atoms with Crippen LogP contribution in [0.4, 0.5) is 5.69 Å². The van der Waals surface area contributed by atoms with E-state index in [2.05, 4.69) is 0 Å². The minimum absolute atomic E-state index is 0.00593. The molecule has 5 heteroatoms. The third-order valence-corrected chi connectivity index (χ3v) is 1.97. The van der Waals surface area contributed by atoms with Crippen molar-refractivity contribution in [3.63, 3.8) is 0 Å². The van der Waals surface area contributed by atoms with E-state index in [1.165, 1.54) is 6.07 Å². The molecule has 0 heterocycles. The molecule has 0 spiro atoms. The maximum atomic E-state index is 10.7. The van der Waals surface area contributed by atoms with Crippen molar-refractivity contribution in [1.29, 1.82) is 0 Å². The molecule has 0 radical (unpaired) electrons. The number of benzene rings is 1. The number of hydrogen-bond acceptors (Lipinski definition) is 4. The van der Waals surface area contributed by atoms with Crippen LogP contribution < -0.4 is 11.5 Å². The lowest BCUT2D eigenvalue weighted by Gasteiger charge is -2.12. The Hall–Kier alpha value is -1.59. The van der Waals surface area contributed by atoms with Gasteiger partial charge in [-0.25, -0.2) is 4.79 Å². The van der Waals surface area contributed by atoms with Crippen molar-refractivity contribution in [2.45, 2.75) is 6.04 Å². The molecule has 1 unspecified atom stereocenters. The molecule has 0 aliphatic carbocycles. The van der Waals surface area contributed by atoms with Crippen molar-refractivity contribution in [1.82, 2.24) is 0 Å². The van der Waals surface area contributed by atoms with Gasteiger partial charge in [-0.15, -0.1) is 0 Å². The lowest BCUT2D eigenvalue weighted by atomic mass is 10.0. The molecule has 1 aromatic rings. The summed E-state index contributed by atoms with van der Waals surface area (Å²) in [6, 6.07) is 3.90. The predicted molar refractivity (Wildman–Crippen MR) is 51.8 cm³/mol. The van der Waals surface area contributed by atoms with E-state index in [4.69, 9.17) is 21.7 Å². The van der Waals surface area contributed by atoms with Gasteiger partial charge in [0.1, 0.15) is 0 Å². The maximum Gasteiger partial charge on any atom is 0.337 e. The first-order valence-electron chi connectivity index (χ1n) is 4.06. The largest absolute Gasteiger partial charge is 0.478 e. The molecule has 0 aromatic heterocycles. The third kappa shape index (κ3) is 1.84. The van der Waals surface area contributed by atoms with Crippen LogP contribution in [0.25, 0.3) is 0 Å². The molecule has 76 valence electrons. The van der Waals surface area contributed by atoms with Crippen molar-refractivity contribution >= 4 is 11.7 Å². The highest BCUT2D eigenvalue weighted by atomic mass is 16.4. The summed E-state index contributed by atoms with van der Waals surface area (Å²) in [5.74, 6) is -1.10. The third-order valence-electron chi connectivity index (χ3n) is 1.97. The van der Waals surface area contributed by atoms with Gasteiger partial charge in [0.25, 0.3) is 0 Å². The van der Waals surface area contributed by atoms with E-state index >= 15 is 0 Å². The summed E-state index contributed by atoms with van der Waals surface area (Å²) in [5.41, 5.74) is 11.7. The molecular weight excluding hydrogens is 184 g/mol. The monoisotopic (exact) mass is 196 g/mol. The number of aliphatic hydroxyl groups excluding tert-OH is 1. The van der Waals surface area contributed by atoms with Crippen LogP contribution in [0.2, 0.25) is 0 Å². The van der Waals surface area contributed by atoms with E-state index in [0.717, 1.165) is 0 Å². The van der Waals surface area contributed by atoms with Gasteiger partial charge in [-0.3, -0.25) is 0 Å². The second-order valence-corrected chi connectivity index (χ2v) is 2.90. The van der Waals surface area contributed by atoms with Crippen LogP contribution in [0.3, 0.4) is 0 Å². The number of carboxylic acids is 1. The Morgan fingerprint density at radius 2 is 2.14 bits per heavy atom. The highest BCUT2D eigenvalue weighted by Crippen LogP contribution is 2.22. The highest BCUT2D eigenvalue weighted by Gasteiger charge is 2.14. The molecule has 0 fully saturated rings. The molecule has 0 amide bonds. The molecule has 5 nitrogen and oxygen atoms in total. The van der Waals surface area contributed by atoms with Gasteiger partial charge >= 0.3 is 5.97 Å². The fraction of sp³-hybridized carbons (Fsp3) is 0.222. The summed E-state index contributed by atoms with van der Waals surface area (Å²) in [6.45, 7) is -0.271. The van der Waals surface area contributed by atoms with E-state index < -0.39 is 12.0 Å². The smallest absolute Gasteiger partial charge is 0.337 e. The Morgan fingerprint density at radius 1 is 1.50 bits per heavy atom. The van der Waals surface area contributed by atoms with Crippen molar-refractivity contribution in [2.24, 2.45) is 5.73 Å². The fourth-order valence-electron chi connectivity index (χ4n) is 1.19. The van der Waals surface area contributed by atoms with Crippen LogP contribution in [0, 0.1) is 0 Å². The van der Waals surface area contributed by atoms with Crippen molar-refractivity contribution in [2.75, 3.05) is 12.3 Å². The van der Waals surface area contributed by atoms with Crippen LogP contribution in [0.5, 0.6) is 0 Å². The zero-order valence-electron chi connectivity index (χ0n) is 7.47. The van der Waals surface area contributed by atoms with Crippen LogP contribution >= 0.6 is 0 Å². The molecule has 6 N–H and O–H groups in total. The molecule has 1 aromatic carbocycles. The zero-order chi connectivity index (χ0) is 10.7. The molecule has 0 saturated heterocycles. The number of nitrogens with two attached hydrogens (primary N) is 2. The normalized spacial score (nSPS) is 12.4. The van der Waals surface area contributed by atoms with Gasteiger partial charge in [-0.2, -0.15) is 0 Å². The number of carboxylic acid groups (broad SMARTS) is 1. The molecule has 1 rings (SSSR count). The summed E-state index contributed by atoms with van der Waals surface area (Å²) in [7, 11) is 0. The first-order chi connectivity index (χ1) is 6.57. The summed E-state index contributed by atoms with van der Waals surface area (Å²) in [6.07, 6.45) is 0. The van der Waals surface area contributed by atoms with Crippen LogP contribution in [0.15, 0.2) is 18.2 Å². The second kappa shape index (κ2) is 4.08. The second-order valence-electron chi connectivity index (χ2n) is 2.90. The van der Waals surface area contributed by atoms with E-state index in [9.17, 15) is 4.79 Å². The summed E-state index contributed by atoms with van der Waals surface area (Å²) in [4.78, 5) is 10.7. The van der Waals surface area contributed by atoms with E-state index in [0.29, 0.717) is 5.56 Å². The Labute approximate surface area is 81.0 Å². The van der Waals surface area contributed by atoms with Crippen molar-refractivity contribution in [3.8, 4) is 0 Å². The average molecular weight is 196 g/mol. The Bertz CT molecular complexity index is 352. The predicted octanol–water partition coefficient (Wildman–Crippen LogP) is -0.0409. The maximum absolute atomic E-state index is 10.7. The number of aromatic carboxylic acids is 1. The molecular formula is C9H12N2O3. The number of para-hydroxylation sites is 1. The van der Waals surface area contributed by atoms with Gasteiger partial charge in [-0.05, 0) is 11.6 Å². The van der Waals surface area contributed by atoms with Crippen LogP contribution in [-0.4, -0.2) is 22.8 Å². The number of nitrogen functional groups attached to an aromatic ring is 1. The van der Waals surface area contributed by atoms with Gasteiger partial charge in [0.15, 0.2) is 0 Å². The standard InChI is InChI=1S/C9H12N2O3/c10-7(4-12)5-2-1-3-6(8(5)11)9(13)14/h1-3,7,12H,4,10-11H2,(H,13,14). The van der Waals surface area contributed by atoms with E-state index in [1.54, 1.807) is 12.1 Å². The van der Waals surface area contributed by atoms with Crippen molar-refractivity contribution in [3.05, 3.63) is 29.3 Å². The Morgan fingerprint density at radius 3 is 2.64 bits per heavy atom. The quantitative estimate of drug-likeness (QED) is 0.507. The number of carbonyl (C=O) groups is 1. The highest BCUT2D eigenvalue weighted by molar-refractivity contribution is 5.94. The first kappa shape index (κ1) is 10.5. The summed E-state index contributed by atoms with van der Waals surface area (Å²) in [5, 5.41) is 17.6. The van der Waals surface area contributed by atoms with Crippen LogP contribution in [-0.2, 0) is 0 Å². The van der Waals surface area contributed by atoms with Gasteiger partial charge in [-0.1, -0.05) is 12.1 Å². The van der Waals surface area contributed by atoms with Crippen LogP contribution in [0.1, 0.15) is 22.0 Å². The average Bonchev–Trinajstić information content (AvgIpc) is 2.16. The lowest BCUT2D eigenvalue weighted by Crippen LogP contribution is -2.17. The Kier molecular flexibility index (Phi) is 3.06. The van der Waals surface area contributed by atoms with Gasteiger partial charge < -0.3 is 21.7 Å². The van der Waals surface area contributed by atoms with Crippen molar-refractivity contribution < 1.29 is 15.0 Å². The fourth-order valence-corrected chi connectivity index (χ4v) is 1.19. The van der Waals surface area contributed by atoms with Gasteiger partial charge in [0.2, 0.25) is 0 Å². The molecule has 0 aliphatic rings. The molecule has 1 atom stereocenters. The lowest BCUT2D eigenvalue weighted by molar-refractivity contribution is 0.0698. The minimum atomic E-state index is -1.10. The Balaban J connectivity index is 3.20. The summed E-state index contributed by atoms with van der Waals surface area (Å²) < 4.78 is 0. The molecule has 0 saturated carbocycles. The number of aliphatic hydroxyl groups is 1. The number of hydrogen-bond donors (Lipinski definition) is 4. The number of rotatable bonds is 3. The first-order valence-corrected chi connectivity index (χ1v) is 4.06. The van der Waals surface area contributed by atoms with E-state index in [1.807, 2.05) is 0 Å². The van der Waals surface area contributed by atoms with Gasteiger partial charge in [0, 0.05) is 0 Å². The summed E-state index contributed by atoms with van der Waals surface area (Å²) >= 11 is 0. The minimum Gasteiger partial charge on any atom is -0.478 e.